The Labute approximate surface area is 185 Å². The lowest BCUT2D eigenvalue weighted by atomic mass is 10.0. The molecule has 0 radical (unpaired) electrons. The maximum atomic E-state index is 13.2. The molecule has 7 heteroatoms. The minimum atomic E-state index is -0.195. The Balaban J connectivity index is 1.30. The summed E-state index contributed by atoms with van der Waals surface area (Å²) in [6, 6.07) is 17.0. The molecule has 3 aromatic carbocycles. The molecule has 5 rings (SSSR count). The van der Waals surface area contributed by atoms with E-state index < -0.39 is 0 Å². The Hall–Kier alpha value is -3.74. The highest BCUT2D eigenvalue weighted by Crippen LogP contribution is 2.37. The van der Waals surface area contributed by atoms with Gasteiger partial charge in [-0.1, -0.05) is 30.3 Å². The summed E-state index contributed by atoms with van der Waals surface area (Å²) >= 11 is 0. The number of anilines is 1. The lowest BCUT2D eigenvalue weighted by Gasteiger charge is -2.18. The van der Waals surface area contributed by atoms with Crippen LogP contribution in [0.1, 0.15) is 23.7 Å². The van der Waals surface area contributed by atoms with E-state index in [1.807, 2.05) is 61.5 Å². The van der Waals surface area contributed by atoms with Crippen LogP contribution in [0, 0.1) is 5.92 Å². The Morgan fingerprint density at radius 1 is 1.12 bits per heavy atom. The standard InChI is InChI=1S/C25H24N2O5/c1-2-30-21-9-7-17-5-3-4-6-19(17)24(21)25(29)26-13-16-11-23(28)27(14-16)18-8-10-20-22(12-18)32-15-31-20/h3-10,12,16H,2,11,13-15H2,1H3,(H,26,29). The van der Waals surface area contributed by atoms with E-state index in [4.69, 9.17) is 14.2 Å². The number of amides is 2. The van der Waals surface area contributed by atoms with Crippen molar-refractivity contribution in [2.75, 3.05) is 31.4 Å². The van der Waals surface area contributed by atoms with Gasteiger partial charge in [0.1, 0.15) is 5.75 Å². The zero-order chi connectivity index (χ0) is 22.1. The Morgan fingerprint density at radius 3 is 2.84 bits per heavy atom. The van der Waals surface area contributed by atoms with Crippen molar-refractivity contribution >= 4 is 28.3 Å². The molecule has 2 heterocycles. The van der Waals surface area contributed by atoms with Crippen LogP contribution in [0.5, 0.6) is 17.2 Å². The molecule has 164 valence electrons. The fourth-order valence-electron chi connectivity index (χ4n) is 4.31. The van der Waals surface area contributed by atoms with Crippen molar-refractivity contribution in [3.63, 3.8) is 0 Å². The third-order valence-electron chi connectivity index (χ3n) is 5.84. The molecule has 0 bridgehead atoms. The highest BCUT2D eigenvalue weighted by molar-refractivity contribution is 6.09. The maximum Gasteiger partial charge on any atom is 0.255 e. The lowest BCUT2D eigenvalue weighted by molar-refractivity contribution is -0.117. The summed E-state index contributed by atoms with van der Waals surface area (Å²) in [7, 11) is 0. The molecular formula is C25H24N2O5. The summed E-state index contributed by atoms with van der Waals surface area (Å²) < 4.78 is 16.5. The van der Waals surface area contributed by atoms with Crippen LogP contribution in [0.3, 0.4) is 0 Å². The highest BCUT2D eigenvalue weighted by Gasteiger charge is 2.32. The Morgan fingerprint density at radius 2 is 1.97 bits per heavy atom. The maximum absolute atomic E-state index is 13.2. The Kier molecular flexibility index (Phi) is 5.31. The molecule has 2 aliphatic heterocycles. The molecule has 0 aliphatic carbocycles. The number of fused-ring (bicyclic) bond motifs is 2. The molecule has 0 aromatic heterocycles. The van der Waals surface area contributed by atoms with E-state index >= 15 is 0 Å². The highest BCUT2D eigenvalue weighted by atomic mass is 16.7. The number of benzene rings is 3. The number of nitrogens with one attached hydrogen (secondary N) is 1. The van der Waals surface area contributed by atoms with Crippen LogP contribution in [0.2, 0.25) is 0 Å². The fraction of sp³-hybridized carbons (Fsp3) is 0.280. The summed E-state index contributed by atoms with van der Waals surface area (Å²) in [6.45, 7) is 3.50. The van der Waals surface area contributed by atoms with Gasteiger partial charge < -0.3 is 24.4 Å². The number of carbonyl (C=O) groups is 2. The molecule has 1 atom stereocenters. The minimum Gasteiger partial charge on any atom is -0.493 e. The molecule has 1 unspecified atom stereocenters. The summed E-state index contributed by atoms with van der Waals surface area (Å²) in [6.07, 6.45) is 0.378. The van der Waals surface area contributed by atoms with Gasteiger partial charge >= 0.3 is 0 Å². The topological polar surface area (TPSA) is 77.1 Å². The Bertz CT molecular complexity index is 1190. The molecule has 2 amide bonds. The number of rotatable bonds is 6. The van der Waals surface area contributed by atoms with Crippen molar-refractivity contribution in [3.8, 4) is 17.2 Å². The third-order valence-corrected chi connectivity index (χ3v) is 5.84. The van der Waals surface area contributed by atoms with E-state index in [0.29, 0.717) is 48.9 Å². The van der Waals surface area contributed by atoms with Crippen LogP contribution in [-0.2, 0) is 4.79 Å². The zero-order valence-corrected chi connectivity index (χ0v) is 17.8. The molecule has 1 fully saturated rings. The van der Waals surface area contributed by atoms with Gasteiger partial charge in [-0.05, 0) is 35.9 Å². The quantitative estimate of drug-likeness (QED) is 0.642. The number of hydrogen-bond acceptors (Lipinski definition) is 5. The molecule has 32 heavy (non-hydrogen) atoms. The van der Waals surface area contributed by atoms with E-state index in [2.05, 4.69) is 5.32 Å². The van der Waals surface area contributed by atoms with Crippen LogP contribution in [0.4, 0.5) is 5.69 Å². The third kappa shape index (κ3) is 3.70. The predicted molar refractivity (Wildman–Crippen MR) is 120 cm³/mol. The second-order valence-electron chi connectivity index (χ2n) is 7.91. The normalized spacial score (nSPS) is 17.1. The number of ether oxygens (including phenoxy) is 3. The molecule has 0 spiro atoms. The summed E-state index contributed by atoms with van der Waals surface area (Å²) in [5, 5.41) is 4.85. The lowest BCUT2D eigenvalue weighted by Crippen LogP contribution is -2.31. The molecular weight excluding hydrogens is 408 g/mol. The average molecular weight is 432 g/mol. The largest absolute Gasteiger partial charge is 0.493 e. The van der Waals surface area contributed by atoms with Gasteiger partial charge in [-0.25, -0.2) is 0 Å². The van der Waals surface area contributed by atoms with Crippen molar-refractivity contribution in [1.82, 2.24) is 5.32 Å². The number of nitrogens with zero attached hydrogens (tertiary/aromatic N) is 1. The number of carbonyl (C=O) groups excluding carboxylic acids is 2. The van der Waals surface area contributed by atoms with Gasteiger partial charge in [0.2, 0.25) is 12.7 Å². The van der Waals surface area contributed by atoms with Crippen LogP contribution in [0.25, 0.3) is 10.8 Å². The van der Waals surface area contributed by atoms with Gasteiger partial charge in [0.15, 0.2) is 11.5 Å². The van der Waals surface area contributed by atoms with E-state index in [1.54, 1.807) is 4.90 Å². The summed E-state index contributed by atoms with van der Waals surface area (Å²) in [4.78, 5) is 27.5. The van der Waals surface area contributed by atoms with Crippen LogP contribution < -0.4 is 24.4 Å². The fourth-order valence-corrected chi connectivity index (χ4v) is 4.31. The first-order valence-electron chi connectivity index (χ1n) is 10.8. The van der Waals surface area contributed by atoms with E-state index in [1.165, 1.54) is 0 Å². The van der Waals surface area contributed by atoms with E-state index in [0.717, 1.165) is 16.5 Å². The summed E-state index contributed by atoms with van der Waals surface area (Å²) in [5.41, 5.74) is 1.31. The minimum absolute atomic E-state index is 0.0161. The van der Waals surface area contributed by atoms with Crippen molar-refractivity contribution < 1.29 is 23.8 Å². The van der Waals surface area contributed by atoms with Crippen LogP contribution >= 0.6 is 0 Å². The van der Waals surface area contributed by atoms with Crippen LogP contribution in [-0.4, -0.2) is 38.3 Å². The van der Waals surface area contributed by atoms with Crippen molar-refractivity contribution in [3.05, 3.63) is 60.2 Å². The monoisotopic (exact) mass is 432 g/mol. The van der Waals surface area contributed by atoms with Crippen LogP contribution in [0.15, 0.2) is 54.6 Å². The SMILES string of the molecule is CCOc1ccc2ccccc2c1C(=O)NCC1CC(=O)N(c2ccc3c(c2)OCO3)C1. The van der Waals surface area contributed by atoms with Gasteiger partial charge in [-0.3, -0.25) is 9.59 Å². The molecule has 1 saturated heterocycles. The molecule has 1 N–H and O–H groups in total. The predicted octanol–water partition coefficient (Wildman–Crippen LogP) is 3.75. The van der Waals surface area contributed by atoms with Gasteiger partial charge in [0.25, 0.3) is 5.91 Å². The molecule has 3 aromatic rings. The second kappa shape index (κ2) is 8.42. The van der Waals surface area contributed by atoms with Gasteiger partial charge in [-0.15, -0.1) is 0 Å². The van der Waals surface area contributed by atoms with Gasteiger partial charge in [0.05, 0.1) is 12.2 Å². The van der Waals surface area contributed by atoms with Gasteiger partial charge in [-0.2, -0.15) is 0 Å². The van der Waals surface area contributed by atoms with Crippen molar-refractivity contribution in [1.29, 1.82) is 0 Å². The van der Waals surface area contributed by atoms with E-state index in [9.17, 15) is 9.59 Å². The van der Waals surface area contributed by atoms with Crippen molar-refractivity contribution in [2.45, 2.75) is 13.3 Å². The molecule has 0 saturated carbocycles. The zero-order valence-electron chi connectivity index (χ0n) is 17.8. The first-order chi connectivity index (χ1) is 15.6. The van der Waals surface area contributed by atoms with Crippen molar-refractivity contribution in [2.24, 2.45) is 5.92 Å². The first kappa shape index (κ1) is 20.2. The second-order valence-corrected chi connectivity index (χ2v) is 7.91. The number of hydrogen-bond donors (Lipinski definition) is 1. The molecule has 2 aliphatic rings. The average Bonchev–Trinajstić information content (AvgIpc) is 3.43. The smallest absolute Gasteiger partial charge is 0.255 e. The van der Waals surface area contributed by atoms with E-state index in [-0.39, 0.29) is 24.5 Å². The summed E-state index contributed by atoms with van der Waals surface area (Å²) in [5.74, 6) is 1.74. The molecule has 7 nitrogen and oxygen atoms in total. The first-order valence-corrected chi connectivity index (χ1v) is 10.8. The van der Waals surface area contributed by atoms with Gasteiger partial charge in [0, 0.05) is 37.2 Å².